The van der Waals surface area contributed by atoms with Crippen LogP contribution < -0.4 is 14.8 Å². The fourth-order valence-electron chi connectivity index (χ4n) is 2.87. The van der Waals surface area contributed by atoms with Gasteiger partial charge in [-0.25, -0.2) is 0 Å². The molecule has 2 aliphatic rings. The largest absolute Gasteiger partial charge is 0.448 e. The Hall–Kier alpha value is -1.36. The number of thioether (sulfide) groups is 1. The Morgan fingerprint density at radius 2 is 2.00 bits per heavy atom. The van der Waals surface area contributed by atoms with Crippen LogP contribution in [0.2, 0.25) is 0 Å². The second kappa shape index (κ2) is 6.41. The van der Waals surface area contributed by atoms with E-state index in [4.69, 9.17) is 9.47 Å². The van der Waals surface area contributed by atoms with E-state index in [2.05, 4.69) is 19.2 Å². The third kappa shape index (κ3) is 3.51. The first-order valence-electron chi connectivity index (χ1n) is 7.96. The van der Waals surface area contributed by atoms with Gasteiger partial charge < -0.3 is 14.8 Å². The van der Waals surface area contributed by atoms with E-state index in [0.717, 1.165) is 48.6 Å². The van der Waals surface area contributed by atoms with Crippen LogP contribution in [0.1, 0.15) is 39.5 Å². The Balaban J connectivity index is 1.57. The van der Waals surface area contributed by atoms with Crippen molar-refractivity contribution >= 4 is 23.4 Å². The van der Waals surface area contributed by atoms with Gasteiger partial charge in [0.15, 0.2) is 11.5 Å². The lowest BCUT2D eigenvalue weighted by Crippen LogP contribution is -2.34. The van der Waals surface area contributed by atoms with E-state index in [1.807, 2.05) is 18.2 Å². The molecule has 1 aromatic carbocycles. The van der Waals surface area contributed by atoms with Crippen LogP contribution in [0, 0.1) is 5.92 Å². The summed E-state index contributed by atoms with van der Waals surface area (Å²) in [6, 6.07) is 5.63. The van der Waals surface area contributed by atoms with Crippen LogP contribution in [0.5, 0.6) is 11.5 Å². The van der Waals surface area contributed by atoms with E-state index in [-0.39, 0.29) is 5.91 Å². The van der Waals surface area contributed by atoms with E-state index in [0.29, 0.717) is 11.7 Å². The molecule has 22 heavy (non-hydrogen) atoms. The standard InChI is InChI=1S/C17H23NO3S/c1-12(2)10-22-11-16(19)18-13-5-6-14-15(9-13)21-17(20-14)7-3-4-8-17/h5-6,9,12H,3-4,7-8,10-11H2,1-2H3,(H,18,19). The van der Waals surface area contributed by atoms with E-state index >= 15 is 0 Å². The minimum atomic E-state index is -0.446. The molecule has 1 N–H and O–H groups in total. The summed E-state index contributed by atoms with van der Waals surface area (Å²) in [6.07, 6.45) is 4.17. The first-order chi connectivity index (χ1) is 10.6. The first kappa shape index (κ1) is 15.5. The molecule has 1 spiro atoms. The van der Waals surface area contributed by atoms with Gasteiger partial charge in [0.2, 0.25) is 5.91 Å². The zero-order chi connectivity index (χ0) is 15.6. The van der Waals surface area contributed by atoms with Crippen LogP contribution in [-0.2, 0) is 4.79 Å². The Morgan fingerprint density at radius 3 is 2.73 bits per heavy atom. The van der Waals surface area contributed by atoms with Crippen LogP contribution in [0.15, 0.2) is 18.2 Å². The highest BCUT2D eigenvalue weighted by Crippen LogP contribution is 2.47. The van der Waals surface area contributed by atoms with Crippen molar-refractivity contribution in [2.75, 3.05) is 16.8 Å². The summed E-state index contributed by atoms with van der Waals surface area (Å²) in [7, 11) is 0. The van der Waals surface area contributed by atoms with E-state index in [1.165, 1.54) is 0 Å². The molecule has 3 rings (SSSR count). The van der Waals surface area contributed by atoms with Gasteiger partial charge in [0.1, 0.15) is 0 Å². The zero-order valence-corrected chi connectivity index (χ0v) is 14.0. The number of nitrogens with one attached hydrogen (secondary N) is 1. The molecule has 0 radical (unpaired) electrons. The SMILES string of the molecule is CC(C)CSCC(=O)Nc1ccc2c(c1)OC1(CCCC1)O2. The molecule has 1 aliphatic heterocycles. The highest BCUT2D eigenvalue weighted by Gasteiger charge is 2.44. The molecular weight excluding hydrogens is 298 g/mol. The monoisotopic (exact) mass is 321 g/mol. The Morgan fingerprint density at radius 1 is 1.27 bits per heavy atom. The van der Waals surface area contributed by atoms with Gasteiger partial charge in [-0.05, 0) is 36.6 Å². The molecule has 1 amide bonds. The first-order valence-corrected chi connectivity index (χ1v) is 9.11. The van der Waals surface area contributed by atoms with Crippen molar-refractivity contribution in [3.63, 3.8) is 0 Å². The molecule has 1 aromatic rings. The Labute approximate surface area is 135 Å². The number of benzene rings is 1. The van der Waals surface area contributed by atoms with Crippen LogP contribution in [-0.4, -0.2) is 23.2 Å². The topological polar surface area (TPSA) is 47.6 Å². The van der Waals surface area contributed by atoms with Crippen molar-refractivity contribution in [1.82, 2.24) is 0 Å². The van der Waals surface area contributed by atoms with Crippen molar-refractivity contribution in [2.45, 2.75) is 45.3 Å². The molecule has 0 unspecified atom stereocenters. The zero-order valence-electron chi connectivity index (χ0n) is 13.2. The summed E-state index contributed by atoms with van der Waals surface area (Å²) in [6.45, 7) is 4.31. The predicted octanol–water partition coefficient (Wildman–Crippen LogP) is 4.06. The minimum Gasteiger partial charge on any atom is -0.448 e. The van der Waals surface area contributed by atoms with Gasteiger partial charge >= 0.3 is 0 Å². The molecule has 1 heterocycles. The maximum absolute atomic E-state index is 11.9. The number of anilines is 1. The quantitative estimate of drug-likeness (QED) is 0.888. The number of hydrogen-bond acceptors (Lipinski definition) is 4. The summed E-state index contributed by atoms with van der Waals surface area (Å²) < 4.78 is 12.0. The fourth-order valence-corrected chi connectivity index (χ4v) is 3.72. The highest BCUT2D eigenvalue weighted by atomic mass is 32.2. The average Bonchev–Trinajstić information content (AvgIpc) is 3.04. The van der Waals surface area contributed by atoms with Crippen molar-refractivity contribution in [3.8, 4) is 11.5 Å². The number of hydrogen-bond donors (Lipinski definition) is 1. The van der Waals surface area contributed by atoms with Crippen molar-refractivity contribution < 1.29 is 14.3 Å². The van der Waals surface area contributed by atoms with Crippen LogP contribution in [0.25, 0.3) is 0 Å². The lowest BCUT2D eigenvalue weighted by atomic mass is 10.2. The number of carbonyl (C=O) groups excluding carboxylic acids is 1. The summed E-state index contributed by atoms with van der Waals surface area (Å²) >= 11 is 1.66. The second-order valence-corrected chi connectivity index (χ2v) is 7.47. The lowest BCUT2D eigenvalue weighted by molar-refractivity contribution is -0.113. The van der Waals surface area contributed by atoms with Gasteiger partial charge in [0, 0.05) is 24.6 Å². The smallest absolute Gasteiger partial charge is 0.251 e. The third-order valence-electron chi connectivity index (χ3n) is 3.87. The lowest BCUT2D eigenvalue weighted by Gasteiger charge is -2.21. The molecular formula is C17H23NO3S. The van der Waals surface area contributed by atoms with Crippen molar-refractivity contribution in [2.24, 2.45) is 5.92 Å². The maximum Gasteiger partial charge on any atom is 0.251 e. The normalized spacial score (nSPS) is 18.1. The van der Waals surface area contributed by atoms with Gasteiger partial charge in [-0.1, -0.05) is 13.8 Å². The number of ether oxygens (including phenoxy) is 2. The second-order valence-electron chi connectivity index (χ2n) is 6.44. The van der Waals surface area contributed by atoms with Crippen LogP contribution in [0.3, 0.4) is 0 Å². The molecule has 1 saturated carbocycles. The van der Waals surface area contributed by atoms with Gasteiger partial charge in [-0.15, -0.1) is 0 Å². The van der Waals surface area contributed by atoms with E-state index < -0.39 is 5.79 Å². The summed E-state index contributed by atoms with van der Waals surface area (Å²) in [5.41, 5.74) is 0.771. The number of amides is 1. The number of fused-ring (bicyclic) bond motifs is 1. The van der Waals surface area contributed by atoms with Crippen molar-refractivity contribution in [1.29, 1.82) is 0 Å². The van der Waals surface area contributed by atoms with Gasteiger partial charge in [-0.3, -0.25) is 4.79 Å². The van der Waals surface area contributed by atoms with Gasteiger partial charge in [0.25, 0.3) is 5.79 Å². The fraction of sp³-hybridized carbons (Fsp3) is 0.588. The number of rotatable bonds is 5. The maximum atomic E-state index is 11.9. The molecule has 1 fully saturated rings. The van der Waals surface area contributed by atoms with Crippen molar-refractivity contribution in [3.05, 3.63) is 18.2 Å². The molecule has 120 valence electrons. The molecule has 0 saturated heterocycles. The minimum absolute atomic E-state index is 0.0279. The summed E-state index contributed by atoms with van der Waals surface area (Å²) in [4.78, 5) is 11.9. The molecule has 0 bridgehead atoms. The third-order valence-corrected chi connectivity index (χ3v) is 5.24. The highest BCUT2D eigenvalue weighted by molar-refractivity contribution is 7.99. The molecule has 0 aromatic heterocycles. The molecule has 4 nitrogen and oxygen atoms in total. The molecule has 5 heteroatoms. The molecule has 0 atom stereocenters. The van der Waals surface area contributed by atoms with Gasteiger partial charge in [-0.2, -0.15) is 11.8 Å². The average molecular weight is 321 g/mol. The summed E-state index contributed by atoms with van der Waals surface area (Å²) in [5.74, 6) is 3.20. The Bertz CT molecular complexity index is 553. The van der Waals surface area contributed by atoms with E-state index in [9.17, 15) is 4.79 Å². The predicted molar refractivity (Wildman–Crippen MR) is 89.7 cm³/mol. The number of carbonyl (C=O) groups is 1. The van der Waals surface area contributed by atoms with Gasteiger partial charge in [0.05, 0.1) is 5.75 Å². The Kier molecular flexibility index (Phi) is 4.52. The van der Waals surface area contributed by atoms with Crippen LogP contribution >= 0.6 is 11.8 Å². The van der Waals surface area contributed by atoms with Crippen LogP contribution in [0.4, 0.5) is 5.69 Å². The summed E-state index contributed by atoms with van der Waals surface area (Å²) in [5, 5.41) is 2.93. The molecule has 1 aliphatic carbocycles. The van der Waals surface area contributed by atoms with E-state index in [1.54, 1.807) is 11.8 Å².